The lowest BCUT2D eigenvalue weighted by molar-refractivity contribution is 0.265. The average Bonchev–Trinajstić information content (AvgIpc) is 2.45. The highest BCUT2D eigenvalue weighted by atomic mass is 15.1. The van der Waals surface area contributed by atoms with E-state index in [1.165, 1.54) is 11.1 Å². The summed E-state index contributed by atoms with van der Waals surface area (Å²) in [6.07, 6.45) is 4.75. The van der Waals surface area contributed by atoms with Gasteiger partial charge in [0.2, 0.25) is 0 Å². The maximum Gasteiger partial charge on any atom is 0.0317 e. The predicted molar refractivity (Wildman–Crippen MR) is 79.8 cm³/mol. The van der Waals surface area contributed by atoms with Gasteiger partial charge in [0.1, 0.15) is 0 Å². The zero-order valence-corrected chi connectivity index (χ0v) is 11.6. The van der Waals surface area contributed by atoms with Crippen molar-refractivity contribution in [1.82, 2.24) is 9.88 Å². The molecule has 3 heteroatoms. The molecule has 0 bridgehead atoms. The summed E-state index contributed by atoms with van der Waals surface area (Å²) in [6, 6.07) is 12.6. The predicted octanol–water partition coefficient (Wildman–Crippen LogP) is 2.90. The number of aromatic nitrogens is 1. The third-order valence-electron chi connectivity index (χ3n) is 3.53. The maximum absolute atomic E-state index is 5.83. The van der Waals surface area contributed by atoms with Gasteiger partial charge < -0.3 is 5.73 Å². The van der Waals surface area contributed by atoms with Crippen molar-refractivity contribution < 1.29 is 0 Å². The second kappa shape index (κ2) is 6.34. The molecule has 2 aromatic rings. The fourth-order valence-electron chi connectivity index (χ4n) is 2.12. The van der Waals surface area contributed by atoms with Crippen molar-refractivity contribution in [2.24, 2.45) is 0 Å². The van der Waals surface area contributed by atoms with Gasteiger partial charge in [0.05, 0.1) is 0 Å². The number of hydrogen-bond donors (Lipinski definition) is 1. The van der Waals surface area contributed by atoms with Gasteiger partial charge in [0.15, 0.2) is 0 Å². The molecule has 0 fully saturated rings. The molecule has 19 heavy (non-hydrogen) atoms. The molecule has 100 valence electrons. The molecular weight excluding hydrogens is 234 g/mol. The van der Waals surface area contributed by atoms with Crippen LogP contribution in [0.3, 0.4) is 0 Å². The number of rotatable bonds is 5. The molecule has 0 radical (unpaired) electrons. The smallest absolute Gasteiger partial charge is 0.0317 e. The molecular formula is C16H21N3. The molecule has 1 atom stereocenters. The van der Waals surface area contributed by atoms with Gasteiger partial charge >= 0.3 is 0 Å². The number of hydrogen-bond acceptors (Lipinski definition) is 3. The van der Waals surface area contributed by atoms with Crippen molar-refractivity contribution in [3.8, 4) is 0 Å². The Bertz CT molecular complexity index is 510. The van der Waals surface area contributed by atoms with Crippen LogP contribution in [0.15, 0.2) is 48.8 Å². The first-order valence-corrected chi connectivity index (χ1v) is 6.61. The molecule has 1 aromatic heterocycles. The van der Waals surface area contributed by atoms with Crippen molar-refractivity contribution in [3.05, 3.63) is 59.9 Å². The molecule has 1 unspecified atom stereocenters. The summed E-state index contributed by atoms with van der Waals surface area (Å²) in [6.45, 7) is 3.21. The van der Waals surface area contributed by atoms with E-state index in [0.29, 0.717) is 6.04 Å². The largest absolute Gasteiger partial charge is 0.399 e. The Morgan fingerprint density at radius 2 is 2.11 bits per heavy atom. The summed E-state index contributed by atoms with van der Waals surface area (Å²) in [5.74, 6) is 0. The fourth-order valence-corrected chi connectivity index (χ4v) is 2.12. The van der Waals surface area contributed by atoms with E-state index < -0.39 is 0 Å². The number of anilines is 1. The van der Waals surface area contributed by atoms with Crippen LogP contribution in [0.5, 0.6) is 0 Å². The van der Waals surface area contributed by atoms with Gasteiger partial charge in [-0.3, -0.25) is 9.88 Å². The number of nitrogens with zero attached hydrogens (tertiary/aromatic N) is 2. The highest BCUT2D eigenvalue weighted by molar-refractivity contribution is 5.41. The lowest BCUT2D eigenvalue weighted by Gasteiger charge is -2.25. The monoisotopic (exact) mass is 255 g/mol. The number of likely N-dealkylation sites (N-methyl/N-ethyl adjacent to an activating group) is 1. The number of nitrogens with two attached hydrogens (primary N) is 1. The van der Waals surface area contributed by atoms with Gasteiger partial charge in [-0.1, -0.05) is 18.2 Å². The van der Waals surface area contributed by atoms with E-state index >= 15 is 0 Å². The molecule has 0 aliphatic heterocycles. The summed E-state index contributed by atoms with van der Waals surface area (Å²) >= 11 is 0. The van der Waals surface area contributed by atoms with Gasteiger partial charge in [-0.15, -0.1) is 0 Å². The Morgan fingerprint density at radius 1 is 1.26 bits per heavy atom. The van der Waals surface area contributed by atoms with Gasteiger partial charge in [0, 0.05) is 30.7 Å². The van der Waals surface area contributed by atoms with E-state index in [1.54, 1.807) is 0 Å². The van der Waals surface area contributed by atoms with Crippen LogP contribution in [0.4, 0.5) is 5.69 Å². The summed E-state index contributed by atoms with van der Waals surface area (Å²) < 4.78 is 0. The molecule has 3 nitrogen and oxygen atoms in total. The van der Waals surface area contributed by atoms with Gasteiger partial charge in [0.25, 0.3) is 0 Å². The van der Waals surface area contributed by atoms with E-state index in [-0.39, 0.29) is 0 Å². The molecule has 2 rings (SSSR count). The SMILES string of the molecule is CC(c1cccc(N)c1)N(C)CCc1cccnc1. The van der Waals surface area contributed by atoms with Crippen LogP contribution < -0.4 is 5.73 Å². The number of benzene rings is 1. The first-order valence-electron chi connectivity index (χ1n) is 6.61. The van der Waals surface area contributed by atoms with Crippen LogP contribution in [0.2, 0.25) is 0 Å². The summed E-state index contributed by atoms with van der Waals surface area (Å²) in [7, 11) is 2.14. The average molecular weight is 255 g/mol. The summed E-state index contributed by atoms with van der Waals surface area (Å²) in [5.41, 5.74) is 9.19. The number of nitrogen functional groups attached to an aromatic ring is 1. The minimum absolute atomic E-state index is 0.361. The lowest BCUT2D eigenvalue weighted by atomic mass is 10.1. The third kappa shape index (κ3) is 3.80. The topological polar surface area (TPSA) is 42.1 Å². The Labute approximate surface area is 115 Å². The maximum atomic E-state index is 5.83. The van der Waals surface area contributed by atoms with Crippen molar-refractivity contribution in [1.29, 1.82) is 0 Å². The highest BCUT2D eigenvalue weighted by Gasteiger charge is 2.11. The van der Waals surface area contributed by atoms with Crippen LogP contribution in [-0.4, -0.2) is 23.5 Å². The molecule has 2 N–H and O–H groups in total. The first-order chi connectivity index (χ1) is 9.16. The van der Waals surface area contributed by atoms with E-state index in [4.69, 9.17) is 5.73 Å². The molecule has 0 aliphatic carbocycles. The normalized spacial score (nSPS) is 12.6. The lowest BCUT2D eigenvalue weighted by Crippen LogP contribution is -2.25. The van der Waals surface area contributed by atoms with E-state index in [0.717, 1.165) is 18.7 Å². The fraction of sp³-hybridized carbons (Fsp3) is 0.312. The second-order valence-electron chi connectivity index (χ2n) is 4.94. The zero-order valence-electron chi connectivity index (χ0n) is 11.6. The van der Waals surface area contributed by atoms with E-state index in [1.807, 2.05) is 36.7 Å². The molecule has 0 amide bonds. The zero-order chi connectivity index (χ0) is 13.7. The second-order valence-corrected chi connectivity index (χ2v) is 4.94. The van der Waals surface area contributed by atoms with Crippen LogP contribution in [0.1, 0.15) is 24.1 Å². The van der Waals surface area contributed by atoms with Crippen LogP contribution in [0.25, 0.3) is 0 Å². The number of pyridine rings is 1. The molecule has 0 saturated heterocycles. The minimum Gasteiger partial charge on any atom is -0.399 e. The standard InChI is InChI=1S/C16H21N3/c1-13(15-6-3-7-16(17)11-15)19(2)10-8-14-5-4-9-18-12-14/h3-7,9,11-13H,8,10,17H2,1-2H3. The van der Waals surface area contributed by atoms with Crippen molar-refractivity contribution in [2.75, 3.05) is 19.3 Å². The first kappa shape index (κ1) is 13.6. The summed E-state index contributed by atoms with van der Waals surface area (Å²) in [4.78, 5) is 6.48. The summed E-state index contributed by atoms with van der Waals surface area (Å²) in [5, 5.41) is 0. The molecule has 1 heterocycles. The molecule has 0 saturated carbocycles. The Morgan fingerprint density at radius 3 is 2.79 bits per heavy atom. The molecule has 0 spiro atoms. The molecule has 0 aliphatic rings. The van der Waals surface area contributed by atoms with Crippen LogP contribution in [-0.2, 0) is 6.42 Å². The van der Waals surface area contributed by atoms with Crippen molar-refractivity contribution >= 4 is 5.69 Å². The Kier molecular flexibility index (Phi) is 4.53. The third-order valence-corrected chi connectivity index (χ3v) is 3.53. The highest BCUT2D eigenvalue weighted by Crippen LogP contribution is 2.20. The Balaban J connectivity index is 1.94. The van der Waals surface area contributed by atoms with Gasteiger partial charge in [-0.2, -0.15) is 0 Å². The van der Waals surface area contributed by atoms with Gasteiger partial charge in [-0.05, 0) is 49.7 Å². The van der Waals surface area contributed by atoms with E-state index in [2.05, 4.69) is 36.0 Å². The van der Waals surface area contributed by atoms with Crippen molar-refractivity contribution in [3.63, 3.8) is 0 Å². The van der Waals surface area contributed by atoms with E-state index in [9.17, 15) is 0 Å². The van der Waals surface area contributed by atoms with Crippen LogP contribution >= 0.6 is 0 Å². The van der Waals surface area contributed by atoms with Crippen LogP contribution in [0, 0.1) is 0 Å². The minimum atomic E-state index is 0.361. The van der Waals surface area contributed by atoms with Gasteiger partial charge in [-0.25, -0.2) is 0 Å². The quantitative estimate of drug-likeness (QED) is 0.835. The van der Waals surface area contributed by atoms with Crippen molar-refractivity contribution in [2.45, 2.75) is 19.4 Å². The Hall–Kier alpha value is -1.87. The molecule has 1 aromatic carbocycles.